The first-order chi connectivity index (χ1) is 12.0. The zero-order valence-corrected chi connectivity index (χ0v) is 14.1. The van der Waals surface area contributed by atoms with Crippen LogP contribution in [-0.4, -0.2) is 41.9 Å². The second-order valence-corrected chi connectivity index (χ2v) is 6.23. The van der Waals surface area contributed by atoms with E-state index >= 15 is 0 Å². The number of hydrogen-bond acceptors (Lipinski definition) is 5. The number of benzene rings is 2. The van der Waals surface area contributed by atoms with Crippen LogP contribution >= 0.6 is 11.6 Å². The third-order valence-corrected chi connectivity index (χ3v) is 4.45. The number of nitro groups is 1. The van der Waals surface area contributed by atoms with Crippen molar-refractivity contribution in [2.45, 2.75) is 0 Å². The Hall–Kier alpha value is -2.80. The van der Waals surface area contributed by atoms with E-state index in [0.717, 1.165) is 5.69 Å². The average Bonchev–Trinajstić information content (AvgIpc) is 2.61. The molecule has 1 amide bonds. The molecule has 0 saturated carbocycles. The number of carbonyl (C=O) groups excluding carboxylic acids is 1. The number of nitrogens with zero attached hydrogens (tertiary/aromatic N) is 3. The minimum absolute atomic E-state index is 0.0484. The molecule has 0 radical (unpaired) electrons. The molecule has 1 heterocycles. The number of halogens is 1. The maximum atomic E-state index is 12.6. The van der Waals surface area contributed by atoms with Gasteiger partial charge in [-0.1, -0.05) is 17.7 Å². The van der Waals surface area contributed by atoms with E-state index in [1.54, 1.807) is 4.90 Å². The van der Waals surface area contributed by atoms with Gasteiger partial charge in [-0.3, -0.25) is 14.9 Å². The second-order valence-electron chi connectivity index (χ2n) is 5.79. The molecule has 1 fully saturated rings. The predicted octanol–water partition coefficient (Wildman–Crippen LogP) is 2.79. The predicted molar refractivity (Wildman–Crippen MR) is 97.1 cm³/mol. The van der Waals surface area contributed by atoms with Gasteiger partial charge in [0, 0.05) is 48.5 Å². The molecule has 0 spiro atoms. The molecule has 1 aliphatic rings. The normalized spacial score (nSPS) is 14.4. The number of nitrogens with two attached hydrogens (primary N) is 1. The molecule has 2 aromatic carbocycles. The summed E-state index contributed by atoms with van der Waals surface area (Å²) >= 11 is 6.02. The lowest BCUT2D eigenvalue weighted by molar-refractivity contribution is -0.383. The number of carbonyl (C=O) groups is 1. The maximum absolute atomic E-state index is 12.6. The van der Waals surface area contributed by atoms with Gasteiger partial charge in [-0.15, -0.1) is 0 Å². The topological polar surface area (TPSA) is 92.7 Å². The molecule has 3 rings (SSSR count). The van der Waals surface area contributed by atoms with Crippen molar-refractivity contribution in [2.75, 3.05) is 36.8 Å². The van der Waals surface area contributed by atoms with E-state index in [4.69, 9.17) is 17.3 Å². The van der Waals surface area contributed by atoms with E-state index in [2.05, 4.69) is 4.90 Å². The number of anilines is 2. The fourth-order valence-corrected chi connectivity index (χ4v) is 3.04. The highest BCUT2D eigenvalue weighted by atomic mass is 35.5. The van der Waals surface area contributed by atoms with Crippen molar-refractivity contribution in [3.63, 3.8) is 0 Å². The summed E-state index contributed by atoms with van der Waals surface area (Å²) in [6, 6.07) is 11.7. The zero-order chi connectivity index (χ0) is 18.0. The van der Waals surface area contributed by atoms with Crippen molar-refractivity contribution in [3.05, 3.63) is 63.2 Å². The van der Waals surface area contributed by atoms with Gasteiger partial charge >= 0.3 is 0 Å². The molecule has 8 heteroatoms. The van der Waals surface area contributed by atoms with Crippen LogP contribution in [0.5, 0.6) is 0 Å². The standard InChI is InChI=1S/C17H17ClN4O3/c18-13-2-1-3-14(11-13)20-6-8-21(9-7-20)17(23)12-4-5-15(19)16(10-12)22(24)25/h1-5,10-11H,6-9,19H2. The highest BCUT2D eigenvalue weighted by Gasteiger charge is 2.24. The Morgan fingerprint density at radius 3 is 2.48 bits per heavy atom. The van der Waals surface area contributed by atoms with Gasteiger partial charge in [0.2, 0.25) is 0 Å². The van der Waals surface area contributed by atoms with E-state index < -0.39 is 4.92 Å². The molecular formula is C17H17ClN4O3. The summed E-state index contributed by atoms with van der Waals surface area (Å²) in [7, 11) is 0. The Morgan fingerprint density at radius 1 is 1.12 bits per heavy atom. The monoisotopic (exact) mass is 360 g/mol. The summed E-state index contributed by atoms with van der Waals surface area (Å²) in [6.07, 6.45) is 0. The van der Waals surface area contributed by atoms with Crippen LogP contribution < -0.4 is 10.6 Å². The van der Waals surface area contributed by atoms with Crippen LogP contribution in [0.3, 0.4) is 0 Å². The molecule has 2 aromatic rings. The lowest BCUT2D eigenvalue weighted by atomic mass is 10.1. The first-order valence-electron chi connectivity index (χ1n) is 7.79. The van der Waals surface area contributed by atoms with Gasteiger partial charge in [0.05, 0.1) is 4.92 Å². The summed E-state index contributed by atoms with van der Waals surface area (Å²) in [4.78, 5) is 26.9. The van der Waals surface area contributed by atoms with Crippen molar-refractivity contribution in [2.24, 2.45) is 0 Å². The van der Waals surface area contributed by atoms with Gasteiger partial charge in [-0.25, -0.2) is 0 Å². The molecule has 0 bridgehead atoms. The summed E-state index contributed by atoms with van der Waals surface area (Å²) in [5.41, 5.74) is 6.67. The van der Waals surface area contributed by atoms with E-state index in [1.807, 2.05) is 24.3 Å². The number of hydrogen-bond donors (Lipinski definition) is 1. The maximum Gasteiger partial charge on any atom is 0.292 e. The molecule has 0 unspecified atom stereocenters. The van der Waals surface area contributed by atoms with Crippen LogP contribution in [0.15, 0.2) is 42.5 Å². The number of nitrogen functional groups attached to an aromatic ring is 1. The molecule has 7 nitrogen and oxygen atoms in total. The summed E-state index contributed by atoms with van der Waals surface area (Å²) < 4.78 is 0. The van der Waals surface area contributed by atoms with Crippen LogP contribution in [0.4, 0.5) is 17.1 Å². The van der Waals surface area contributed by atoms with Gasteiger partial charge in [0.1, 0.15) is 5.69 Å². The number of piperazine rings is 1. The first kappa shape index (κ1) is 17.0. The Balaban J connectivity index is 1.69. The van der Waals surface area contributed by atoms with Gasteiger partial charge in [0.15, 0.2) is 0 Å². The van der Waals surface area contributed by atoms with Crippen LogP contribution in [0.1, 0.15) is 10.4 Å². The number of nitro benzene ring substituents is 1. The summed E-state index contributed by atoms with van der Waals surface area (Å²) in [5, 5.41) is 11.7. The SMILES string of the molecule is Nc1ccc(C(=O)N2CCN(c3cccc(Cl)c3)CC2)cc1[N+](=O)[O-]. The minimum atomic E-state index is -0.580. The Kier molecular flexibility index (Phi) is 4.76. The minimum Gasteiger partial charge on any atom is -0.393 e. The molecule has 0 atom stereocenters. The summed E-state index contributed by atoms with van der Waals surface area (Å²) in [6.45, 7) is 2.40. The molecule has 0 aliphatic carbocycles. The fourth-order valence-electron chi connectivity index (χ4n) is 2.86. The van der Waals surface area contributed by atoms with E-state index in [0.29, 0.717) is 31.2 Å². The van der Waals surface area contributed by atoms with Crippen molar-refractivity contribution < 1.29 is 9.72 Å². The van der Waals surface area contributed by atoms with Crippen LogP contribution in [0, 0.1) is 10.1 Å². The van der Waals surface area contributed by atoms with Crippen molar-refractivity contribution >= 4 is 34.6 Å². The summed E-state index contributed by atoms with van der Waals surface area (Å²) in [5.74, 6) is -0.228. The molecule has 2 N–H and O–H groups in total. The van der Waals surface area contributed by atoms with E-state index in [-0.39, 0.29) is 22.8 Å². The quantitative estimate of drug-likeness (QED) is 0.516. The zero-order valence-electron chi connectivity index (χ0n) is 13.4. The average molecular weight is 361 g/mol. The van der Waals surface area contributed by atoms with E-state index in [1.165, 1.54) is 18.2 Å². The van der Waals surface area contributed by atoms with Gasteiger partial charge < -0.3 is 15.5 Å². The first-order valence-corrected chi connectivity index (χ1v) is 8.17. The Morgan fingerprint density at radius 2 is 1.84 bits per heavy atom. The molecule has 0 aromatic heterocycles. The molecule has 25 heavy (non-hydrogen) atoms. The third-order valence-electron chi connectivity index (χ3n) is 4.21. The van der Waals surface area contributed by atoms with E-state index in [9.17, 15) is 14.9 Å². The van der Waals surface area contributed by atoms with Crippen LogP contribution in [-0.2, 0) is 0 Å². The molecule has 1 saturated heterocycles. The lowest BCUT2D eigenvalue weighted by Gasteiger charge is -2.36. The second kappa shape index (κ2) is 6.98. The number of amides is 1. The third kappa shape index (κ3) is 3.66. The van der Waals surface area contributed by atoms with Gasteiger partial charge in [0.25, 0.3) is 11.6 Å². The smallest absolute Gasteiger partial charge is 0.292 e. The molecule has 1 aliphatic heterocycles. The fraction of sp³-hybridized carbons (Fsp3) is 0.235. The molecule has 130 valence electrons. The van der Waals surface area contributed by atoms with Gasteiger partial charge in [-0.2, -0.15) is 0 Å². The van der Waals surface area contributed by atoms with Crippen LogP contribution in [0.25, 0.3) is 0 Å². The highest BCUT2D eigenvalue weighted by molar-refractivity contribution is 6.30. The van der Waals surface area contributed by atoms with Gasteiger partial charge in [-0.05, 0) is 30.3 Å². The van der Waals surface area contributed by atoms with Crippen molar-refractivity contribution in [3.8, 4) is 0 Å². The Labute approximate surface area is 149 Å². The van der Waals surface area contributed by atoms with Crippen molar-refractivity contribution in [1.82, 2.24) is 4.90 Å². The molecular weight excluding hydrogens is 344 g/mol. The largest absolute Gasteiger partial charge is 0.393 e. The van der Waals surface area contributed by atoms with Crippen LogP contribution in [0.2, 0.25) is 5.02 Å². The lowest BCUT2D eigenvalue weighted by Crippen LogP contribution is -2.48. The number of rotatable bonds is 3. The highest BCUT2D eigenvalue weighted by Crippen LogP contribution is 2.24. The Bertz CT molecular complexity index is 819. The van der Waals surface area contributed by atoms with Crippen molar-refractivity contribution in [1.29, 1.82) is 0 Å².